The second kappa shape index (κ2) is 5.33. The highest BCUT2D eigenvalue weighted by molar-refractivity contribution is 6.30. The van der Waals surface area contributed by atoms with Crippen LogP contribution in [0.1, 0.15) is 23.2 Å². The molecule has 2 rings (SSSR count). The summed E-state index contributed by atoms with van der Waals surface area (Å²) in [5.74, 6) is -0.427. The standard InChI is InChI=1S/C11H13ClN2O3/c12-7-4-9(10(15)13-5-7)11(16)14-6-8-2-1-3-17-8/h4-5,8H,1-3,6H2,(H,13,15)(H,14,16). The van der Waals surface area contributed by atoms with Gasteiger partial charge in [-0.2, -0.15) is 0 Å². The maximum atomic E-state index is 11.7. The van der Waals surface area contributed by atoms with Gasteiger partial charge in [0.25, 0.3) is 11.5 Å². The number of pyridine rings is 1. The predicted molar refractivity (Wildman–Crippen MR) is 63.4 cm³/mol. The van der Waals surface area contributed by atoms with Gasteiger partial charge in [-0.1, -0.05) is 11.6 Å². The van der Waals surface area contributed by atoms with E-state index in [9.17, 15) is 9.59 Å². The molecule has 0 aliphatic carbocycles. The highest BCUT2D eigenvalue weighted by Crippen LogP contribution is 2.11. The van der Waals surface area contributed by atoms with Crippen molar-refractivity contribution in [3.8, 4) is 0 Å². The lowest BCUT2D eigenvalue weighted by molar-refractivity contribution is 0.0856. The first-order valence-corrected chi connectivity index (χ1v) is 5.82. The van der Waals surface area contributed by atoms with Crippen molar-refractivity contribution in [3.05, 3.63) is 33.2 Å². The van der Waals surface area contributed by atoms with Crippen molar-refractivity contribution in [3.63, 3.8) is 0 Å². The fraction of sp³-hybridized carbons (Fsp3) is 0.455. The van der Waals surface area contributed by atoms with Gasteiger partial charge < -0.3 is 15.0 Å². The number of amides is 1. The number of ether oxygens (including phenoxy) is 1. The Hall–Kier alpha value is -1.33. The Labute approximate surface area is 103 Å². The van der Waals surface area contributed by atoms with Gasteiger partial charge in [-0.15, -0.1) is 0 Å². The molecule has 1 unspecified atom stereocenters. The predicted octanol–water partition coefficient (Wildman–Crippen LogP) is 0.937. The average Bonchev–Trinajstić information content (AvgIpc) is 2.82. The third-order valence-electron chi connectivity index (χ3n) is 2.63. The lowest BCUT2D eigenvalue weighted by Crippen LogP contribution is -2.34. The molecule has 5 nitrogen and oxygen atoms in total. The molecule has 0 radical (unpaired) electrons. The van der Waals surface area contributed by atoms with E-state index in [2.05, 4.69) is 10.3 Å². The second-order valence-electron chi connectivity index (χ2n) is 3.91. The van der Waals surface area contributed by atoms with Crippen LogP contribution in [0.4, 0.5) is 0 Å². The van der Waals surface area contributed by atoms with Gasteiger partial charge in [0.1, 0.15) is 5.56 Å². The summed E-state index contributed by atoms with van der Waals surface area (Å²) in [7, 11) is 0. The summed E-state index contributed by atoms with van der Waals surface area (Å²) in [5, 5.41) is 2.99. The summed E-state index contributed by atoms with van der Waals surface area (Å²) in [4.78, 5) is 25.5. The van der Waals surface area contributed by atoms with Gasteiger partial charge in [0, 0.05) is 19.3 Å². The minimum Gasteiger partial charge on any atom is -0.376 e. The second-order valence-corrected chi connectivity index (χ2v) is 4.34. The molecule has 1 fully saturated rings. The molecule has 1 aliphatic rings. The zero-order valence-electron chi connectivity index (χ0n) is 9.16. The number of aromatic nitrogens is 1. The van der Waals surface area contributed by atoms with Crippen LogP contribution in [0.5, 0.6) is 0 Å². The van der Waals surface area contributed by atoms with E-state index in [0.717, 1.165) is 19.4 Å². The van der Waals surface area contributed by atoms with Gasteiger partial charge in [0.05, 0.1) is 11.1 Å². The summed E-state index contributed by atoms with van der Waals surface area (Å²) in [6.45, 7) is 1.16. The molecule has 1 amide bonds. The first-order valence-electron chi connectivity index (χ1n) is 5.45. The summed E-state index contributed by atoms with van der Waals surface area (Å²) < 4.78 is 5.37. The first-order chi connectivity index (χ1) is 8.16. The molecule has 1 atom stereocenters. The van der Waals surface area contributed by atoms with Crippen molar-refractivity contribution in [1.82, 2.24) is 10.3 Å². The van der Waals surface area contributed by atoms with Gasteiger partial charge in [0.2, 0.25) is 0 Å². The number of H-pyrrole nitrogens is 1. The Kier molecular flexibility index (Phi) is 3.81. The topological polar surface area (TPSA) is 71.2 Å². The Bertz CT molecular complexity index is 466. The molecular formula is C11H13ClN2O3. The molecular weight excluding hydrogens is 244 g/mol. The largest absolute Gasteiger partial charge is 0.376 e. The quantitative estimate of drug-likeness (QED) is 0.845. The summed E-state index contributed by atoms with van der Waals surface area (Å²) in [5.41, 5.74) is -0.422. The number of nitrogens with one attached hydrogen (secondary N) is 2. The Morgan fingerprint density at radius 1 is 1.65 bits per heavy atom. The van der Waals surface area contributed by atoms with Crippen molar-refractivity contribution in [2.24, 2.45) is 0 Å². The first kappa shape index (κ1) is 12.1. The fourth-order valence-corrected chi connectivity index (χ4v) is 1.90. The third kappa shape index (κ3) is 3.08. The van der Waals surface area contributed by atoms with Crippen molar-refractivity contribution in [1.29, 1.82) is 0 Å². The summed E-state index contributed by atoms with van der Waals surface area (Å²) in [6.07, 6.45) is 3.35. The minimum absolute atomic E-state index is 0.0236. The van der Waals surface area contributed by atoms with E-state index in [4.69, 9.17) is 16.3 Å². The maximum Gasteiger partial charge on any atom is 0.260 e. The van der Waals surface area contributed by atoms with E-state index in [1.54, 1.807) is 0 Å². The van der Waals surface area contributed by atoms with E-state index < -0.39 is 11.5 Å². The monoisotopic (exact) mass is 256 g/mol. The van der Waals surface area contributed by atoms with Crippen molar-refractivity contribution < 1.29 is 9.53 Å². The molecule has 0 spiro atoms. The molecule has 1 aliphatic heterocycles. The molecule has 0 bridgehead atoms. The van der Waals surface area contributed by atoms with Crippen LogP contribution in [-0.4, -0.2) is 30.1 Å². The number of carbonyl (C=O) groups excluding carboxylic acids is 1. The van der Waals surface area contributed by atoms with Crippen LogP contribution < -0.4 is 10.9 Å². The molecule has 1 saturated heterocycles. The molecule has 1 aromatic heterocycles. The van der Waals surface area contributed by atoms with Gasteiger partial charge >= 0.3 is 0 Å². The molecule has 92 valence electrons. The lowest BCUT2D eigenvalue weighted by atomic mass is 10.2. The minimum atomic E-state index is -0.445. The van der Waals surface area contributed by atoms with Crippen LogP contribution in [-0.2, 0) is 4.74 Å². The summed E-state index contributed by atoms with van der Waals surface area (Å²) >= 11 is 5.71. The molecule has 6 heteroatoms. The highest BCUT2D eigenvalue weighted by atomic mass is 35.5. The number of rotatable bonds is 3. The zero-order chi connectivity index (χ0) is 12.3. The van der Waals surface area contributed by atoms with E-state index in [1.165, 1.54) is 12.3 Å². The van der Waals surface area contributed by atoms with E-state index in [1.807, 2.05) is 0 Å². The number of carbonyl (C=O) groups is 1. The third-order valence-corrected chi connectivity index (χ3v) is 2.85. The van der Waals surface area contributed by atoms with Crippen LogP contribution in [0.2, 0.25) is 5.02 Å². The summed E-state index contributed by atoms with van der Waals surface area (Å²) in [6, 6.07) is 1.35. The van der Waals surface area contributed by atoms with E-state index in [-0.39, 0.29) is 11.7 Å². The van der Waals surface area contributed by atoms with Crippen LogP contribution in [0, 0.1) is 0 Å². The number of halogens is 1. The van der Waals surface area contributed by atoms with Crippen molar-refractivity contribution in [2.45, 2.75) is 18.9 Å². The molecule has 17 heavy (non-hydrogen) atoms. The number of hydrogen-bond donors (Lipinski definition) is 2. The van der Waals surface area contributed by atoms with Crippen molar-refractivity contribution >= 4 is 17.5 Å². The zero-order valence-corrected chi connectivity index (χ0v) is 9.92. The maximum absolute atomic E-state index is 11.7. The molecule has 2 heterocycles. The lowest BCUT2D eigenvalue weighted by Gasteiger charge is -2.10. The van der Waals surface area contributed by atoms with Gasteiger partial charge in [0.15, 0.2) is 0 Å². The van der Waals surface area contributed by atoms with Crippen LogP contribution in [0.3, 0.4) is 0 Å². The Balaban J connectivity index is 1.99. The highest BCUT2D eigenvalue weighted by Gasteiger charge is 2.17. The molecule has 2 N–H and O–H groups in total. The van der Waals surface area contributed by atoms with Crippen LogP contribution in [0.15, 0.2) is 17.1 Å². The van der Waals surface area contributed by atoms with E-state index >= 15 is 0 Å². The molecule has 0 saturated carbocycles. The smallest absolute Gasteiger partial charge is 0.260 e. The number of hydrogen-bond acceptors (Lipinski definition) is 3. The molecule has 0 aromatic carbocycles. The van der Waals surface area contributed by atoms with Gasteiger partial charge in [-0.3, -0.25) is 9.59 Å². The number of aromatic amines is 1. The van der Waals surface area contributed by atoms with Gasteiger partial charge in [-0.05, 0) is 18.9 Å². The van der Waals surface area contributed by atoms with E-state index in [0.29, 0.717) is 11.6 Å². The Morgan fingerprint density at radius 3 is 3.18 bits per heavy atom. The SMILES string of the molecule is O=C(NCC1CCCO1)c1cc(Cl)c[nH]c1=O. The van der Waals surface area contributed by atoms with Crippen LogP contribution in [0.25, 0.3) is 0 Å². The normalized spacial score (nSPS) is 19.2. The fourth-order valence-electron chi connectivity index (χ4n) is 1.73. The molecule has 1 aromatic rings. The van der Waals surface area contributed by atoms with Crippen LogP contribution >= 0.6 is 11.6 Å². The van der Waals surface area contributed by atoms with Crippen molar-refractivity contribution in [2.75, 3.05) is 13.2 Å². The van der Waals surface area contributed by atoms with Gasteiger partial charge in [-0.25, -0.2) is 0 Å². The Morgan fingerprint density at radius 2 is 2.47 bits per heavy atom. The average molecular weight is 257 g/mol.